The number of halogens is 1. The van der Waals surface area contributed by atoms with Gasteiger partial charge in [0.2, 0.25) is 9.05 Å². The van der Waals surface area contributed by atoms with Gasteiger partial charge in [0.25, 0.3) is 0 Å². The van der Waals surface area contributed by atoms with E-state index in [0.29, 0.717) is 11.1 Å². The second kappa shape index (κ2) is 4.21. The highest BCUT2D eigenvalue weighted by molar-refractivity contribution is 8.13. The van der Waals surface area contributed by atoms with Crippen LogP contribution in [-0.2, 0) is 14.8 Å². The fourth-order valence-electron chi connectivity index (χ4n) is 1.33. The van der Waals surface area contributed by atoms with Crippen LogP contribution in [-0.4, -0.2) is 8.42 Å². The molecule has 0 aromatic heterocycles. The molecule has 0 spiro atoms. The Morgan fingerprint density at radius 3 is 2.47 bits per heavy atom. The van der Waals surface area contributed by atoms with Gasteiger partial charge in [-0.1, -0.05) is 0 Å². The van der Waals surface area contributed by atoms with Crippen molar-refractivity contribution in [3.63, 3.8) is 0 Å². The lowest BCUT2D eigenvalue weighted by Crippen LogP contribution is -2.00. The molecule has 0 bridgehead atoms. The predicted octanol–water partition coefficient (Wildman–Crippen LogP) is 2.24. The van der Waals surface area contributed by atoms with Crippen molar-refractivity contribution in [3.05, 3.63) is 34.4 Å². The maximum atomic E-state index is 10.9. The summed E-state index contributed by atoms with van der Waals surface area (Å²) in [5, 5.41) is 8.74. The molecule has 0 fully saturated rings. The normalized spacial score (nSPS) is 11.1. The van der Waals surface area contributed by atoms with Crippen LogP contribution < -0.4 is 0 Å². The highest BCUT2D eigenvalue weighted by Gasteiger charge is 2.11. The van der Waals surface area contributed by atoms with Gasteiger partial charge in [-0.05, 0) is 42.7 Å². The summed E-state index contributed by atoms with van der Waals surface area (Å²) < 4.78 is 21.9. The molecule has 1 rings (SSSR count). The van der Waals surface area contributed by atoms with E-state index in [1.54, 1.807) is 12.1 Å². The van der Waals surface area contributed by atoms with Gasteiger partial charge >= 0.3 is 0 Å². The Morgan fingerprint density at radius 1 is 1.40 bits per heavy atom. The zero-order chi connectivity index (χ0) is 11.6. The molecular formula is C10H10ClNO2S. The average molecular weight is 244 g/mol. The number of nitrogens with zero attached hydrogens (tertiary/aromatic N) is 1. The summed E-state index contributed by atoms with van der Waals surface area (Å²) in [5.74, 6) is -0.239. The van der Waals surface area contributed by atoms with E-state index in [1.807, 2.05) is 19.9 Å². The first-order valence-electron chi connectivity index (χ1n) is 4.26. The van der Waals surface area contributed by atoms with Gasteiger partial charge < -0.3 is 0 Å². The summed E-state index contributed by atoms with van der Waals surface area (Å²) in [6.07, 6.45) is 0. The largest absolute Gasteiger partial charge is 0.236 e. The Morgan fingerprint density at radius 2 is 2.00 bits per heavy atom. The lowest BCUT2D eigenvalue weighted by Gasteiger charge is -2.07. The molecule has 5 heteroatoms. The molecule has 0 aliphatic heterocycles. The van der Waals surface area contributed by atoms with Crippen LogP contribution >= 0.6 is 10.7 Å². The van der Waals surface area contributed by atoms with Gasteiger partial charge in [0.1, 0.15) is 0 Å². The van der Waals surface area contributed by atoms with Gasteiger partial charge in [0, 0.05) is 10.7 Å². The Kier molecular flexibility index (Phi) is 3.38. The van der Waals surface area contributed by atoms with Crippen LogP contribution in [0.2, 0.25) is 0 Å². The number of benzene rings is 1. The van der Waals surface area contributed by atoms with E-state index in [1.165, 1.54) is 0 Å². The van der Waals surface area contributed by atoms with E-state index < -0.39 is 9.05 Å². The molecule has 0 atom stereocenters. The Bertz CT molecular complexity index is 529. The van der Waals surface area contributed by atoms with Crippen molar-refractivity contribution in [1.82, 2.24) is 0 Å². The Hall–Kier alpha value is -1.05. The topological polar surface area (TPSA) is 57.9 Å². The molecule has 0 amide bonds. The smallest absolute Gasteiger partial charge is 0.212 e. The SMILES string of the molecule is Cc1cc(C#N)cc(CS(=O)(=O)Cl)c1C. The lowest BCUT2D eigenvalue weighted by molar-refractivity contribution is 0.608. The quantitative estimate of drug-likeness (QED) is 0.749. The number of nitriles is 1. The van der Waals surface area contributed by atoms with Crippen molar-refractivity contribution in [1.29, 1.82) is 5.26 Å². The molecule has 3 nitrogen and oxygen atoms in total. The van der Waals surface area contributed by atoms with Crippen molar-refractivity contribution in [2.24, 2.45) is 0 Å². The Balaban J connectivity index is 3.30. The summed E-state index contributed by atoms with van der Waals surface area (Å²) in [7, 11) is 1.60. The van der Waals surface area contributed by atoms with Gasteiger partial charge in [-0.15, -0.1) is 0 Å². The van der Waals surface area contributed by atoms with Gasteiger partial charge in [-0.25, -0.2) is 8.42 Å². The van der Waals surface area contributed by atoms with Crippen LogP contribution in [0.25, 0.3) is 0 Å². The van der Waals surface area contributed by atoms with Crippen molar-refractivity contribution in [3.8, 4) is 6.07 Å². The fraction of sp³-hybridized carbons (Fsp3) is 0.300. The van der Waals surface area contributed by atoms with Crippen LogP contribution in [0.1, 0.15) is 22.3 Å². The summed E-state index contributed by atoms with van der Waals surface area (Å²) >= 11 is 0. The molecule has 1 aromatic carbocycles. The number of hydrogen-bond acceptors (Lipinski definition) is 3. The van der Waals surface area contributed by atoms with E-state index in [9.17, 15) is 8.42 Å². The van der Waals surface area contributed by atoms with Crippen LogP contribution in [0.3, 0.4) is 0 Å². The van der Waals surface area contributed by atoms with Gasteiger partial charge in [-0.3, -0.25) is 0 Å². The van der Waals surface area contributed by atoms with E-state index >= 15 is 0 Å². The van der Waals surface area contributed by atoms with E-state index in [0.717, 1.165) is 11.1 Å². The van der Waals surface area contributed by atoms with Gasteiger partial charge in [0.15, 0.2) is 0 Å². The predicted molar refractivity (Wildman–Crippen MR) is 59.1 cm³/mol. The molecule has 15 heavy (non-hydrogen) atoms. The molecular weight excluding hydrogens is 234 g/mol. The minimum atomic E-state index is -3.58. The molecule has 0 aliphatic carbocycles. The summed E-state index contributed by atoms with van der Waals surface area (Å²) in [6.45, 7) is 3.65. The Labute approximate surface area is 93.7 Å². The minimum Gasteiger partial charge on any atom is -0.212 e. The zero-order valence-corrected chi connectivity index (χ0v) is 9.98. The monoisotopic (exact) mass is 243 g/mol. The third kappa shape index (κ3) is 3.22. The summed E-state index contributed by atoms with van der Waals surface area (Å²) in [5.41, 5.74) is 2.79. The summed E-state index contributed by atoms with van der Waals surface area (Å²) in [6, 6.07) is 5.26. The first-order chi connectivity index (χ1) is 6.83. The van der Waals surface area contributed by atoms with Crippen LogP contribution in [0.5, 0.6) is 0 Å². The maximum Gasteiger partial charge on any atom is 0.236 e. The molecule has 0 N–H and O–H groups in total. The molecule has 1 aromatic rings. The maximum absolute atomic E-state index is 10.9. The molecule has 0 heterocycles. The molecule has 0 saturated heterocycles. The van der Waals surface area contributed by atoms with Crippen LogP contribution in [0.4, 0.5) is 0 Å². The average Bonchev–Trinajstić information content (AvgIpc) is 2.10. The van der Waals surface area contributed by atoms with Crippen molar-refractivity contribution < 1.29 is 8.42 Å². The minimum absolute atomic E-state index is 0.239. The first kappa shape index (κ1) is 12.0. The van der Waals surface area contributed by atoms with E-state index in [-0.39, 0.29) is 5.75 Å². The molecule has 0 radical (unpaired) electrons. The first-order valence-corrected chi connectivity index (χ1v) is 6.74. The van der Waals surface area contributed by atoms with Crippen LogP contribution in [0, 0.1) is 25.2 Å². The van der Waals surface area contributed by atoms with Crippen molar-refractivity contribution in [2.75, 3.05) is 0 Å². The van der Waals surface area contributed by atoms with E-state index in [4.69, 9.17) is 15.9 Å². The second-order valence-corrected chi connectivity index (χ2v) is 6.15. The lowest BCUT2D eigenvalue weighted by atomic mass is 10.0. The number of aryl methyl sites for hydroxylation is 1. The second-order valence-electron chi connectivity index (χ2n) is 3.37. The van der Waals surface area contributed by atoms with Crippen LogP contribution in [0.15, 0.2) is 12.1 Å². The molecule has 0 unspecified atom stereocenters. The highest BCUT2D eigenvalue weighted by Crippen LogP contribution is 2.19. The highest BCUT2D eigenvalue weighted by atomic mass is 35.7. The molecule has 0 saturated carbocycles. The van der Waals surface area contributed by atoms with Crippen molar-refractivity contribution >= 4 is 19.7 Å². The van der Waals surface area contributed by atoms with Gasteiger partial charge in [0.05, 0.1) is 17.4 Å². The molecule has 0 aliphatic rings. The summed E-state index contributed by atoms with van der Waals surface area (Å²) in [4.78, 5) is 0. The third-order valence-corrected chi connectivity index (χ3v) is 3.22. The van der Waals surface area contributed by atoms with E-state index in [2.05, 4.69) is 0 Å². The van der Waals surface area contributed by atoms with Crippen molar-refractivity contribution in [2.45, 2.75) is 19.6 Å². The number of rotatable bonds is 2. The fourth-order valence-corrected chi connectivity index (χ4v) is 2.36. The van der Waals surface area contributed by atoms with Gasteiger partial charge in [-0.2, -0.15) is 5.26 Å². The standard InChI is InChI=1S/C10H10ClNO2S/c1-7-3-9(5-12)4-10(8(7)2)6-15(11,13)14/h3-4H,6H2,1-2H3. The zero-order valence-electron chi connectivity index (χ0n) is 8.41. The molecule has 80 valence electrons. The number of hydrogen-bond donors (Lipinski definition) is 0. The third-order valence-electron chi connectivity index (χ3n) is 2.23.